The molecule has 1 aromatic rings. The molecule has 0 aliphatic carbocycles. The molecule has 6 nitrogen and oxygen atoms in total. The number of rotatable bonds is 3. The number of amides is 2. The molecule has 3 aliphatic heterocycles. The molecule has 0 radical (unpaired) electrons. The highest BCUT2D eigenvalue weighted by atomic mass is 16.2. The minimum absolute atomic E-state index is 0.0905. The second-order valence-corrected chi connectivity index (χ2v) is 8.12. The van der Waals surface area contributed by atoms with Gasteiger partial charge in [0.05, 0.1) is 6.54 Å². The molecule has 2 atom stereocenters. The summed E-state index contributed by atoms with van der Waals surface area (Å²) in [6.45, 7) is 6.34. The van der Waals surface area contributed by atoms with Crippen LogP contribution < -0.4 is 10.2 Å². The van der Waals surface area contributed by atoms with Crippen LogP contribution in [-0.4, -0.2) is 73.0 Å². The summed E-state index contributed by atoms with van der Waals surface area (Å²) in [4.78, 5) is 31.5. The molecule has 27 heavy (non-hydrogen) atoms. The predicted molar refractivity (Wildman–Crippen MR) is 106 cm³/mol. The Labute approximate surface area is 161 Å². The number of likely N-dealkylation sites (tertiary alicyclic amines) is 1. The number of aryl methyl sites for hydroxylation is 1. The lowest BCUT2D eigenvalue weighted by Crippen LogP contribution is -2.46. The van der Waals surface area contributed by atoms with Crippen LogP contribution in [-0.2, 0) is 9.59 Å². The fourth-order valence-corrected chi connectivity index (χ4v) is 4.66. The van der Waals surface area contributed by atoms with Crippen LogP contribution in [0.1, 0.15) is 31.2 Å². The third kappa shape index (κ3) is 4.10. The number of fused-ring (bicyclic) bond motifs is 2. The lowest BCUT2D eigenvalue weighted by Gasteiger charge is -2.28. The average molecular weight is 370 g/mol. The van der Waals surface area contributed by atoms with E-state index in [0.717, 1.165) is 45.4 Å². The van der Waals surface area contributed by atoms with Gasteiger partial charge in [-0.1, -0.05) is 18.2 Å². The Morgan fingerprint density at radius 3 is 2.78 bits per heavy atom. The summed E-state index contributed by atoms with van der Waals surface area (Å²) in [5.41, 5.74) is 2.53. The van der Waals surface area contributed by atoms with Crippen LogP contribution in [0.4, 0.5) is 5.69 Å². The Bertz CT molecular complexity index is 707. The van der Waals surface area contributed by atoms with Gasteiger partial charge in [0.1, 0.15) is 0 Å². The zero-order chi connectivity index (χ0) is 18.8. The minimum atomic E-state index is 0.0905. The number of hydrogen-bond donors (Lipinski definition) is 1. The fraction of sp³-hybridized carbons (Fsp3) is 0.619. The third-order valence-electron chi connectivity index (χ3n) is 6.18. The second-order valence-electron chi connectivity index (χ2n) is 8.12. The molecule has 0 aromatic heterocycles. The van der Waals surface area contributed by atoms with Gasteiger partial charge >= 0.3 is 0 Å². The van der Waals surface area contributed by atoms with Crippen LogP contribution in [0.15, 0.2) is 24.3 Å². The first-order valence-corrected chi connectivity index (χ1v) is 10.2. The van der Waals surface area contributed by atoms with Crippen molar-refractivity contribution in [2.75, 3.05) is 44.2 Å². The molecule has 0 spiro atoms. The standard InChI is InChI=1S/C21H30N4O2/c1-16-5-2-3-6-19(16)23-9-4-10-24(12-11-23)21(27)15-25-14-18-8-7-17(22-18)13-20(25)26/h2-3,5-6,17-18,22H,4,7-15H2,1H3/t17-,18+/m1/s1. The predicted octanol–water partition coefficient (Wildman–Crippen LogP) is 1.39. The summed E-state index contributed by atoms with van der Waals surface area (Å²) in [6.07, 6.45) is 3.68. The van der Waals surface area contributed by atoms with Gasteiger partial charge in [0.2, 0.25) is 11.8 Å². The van der Waals surface area contributed by atoms with Gasteiger partial charge < -0.3 is 20.0 Å². The summed E-state index contributed by atoms with van der Waals surface area (Å²) >= 11 is 0. The maximum atomic E-state index is 12.9. The van der Waals surface area contributed by atoms with Gasteiger partial charge in [0, 0.05) is 56.9 Å². The molecule has 2 amide bonds. The van der Waals surface area contributed by atoms with E-state index in [2.05, 4.69) is 41.4 Å². The van der Waals surface area contributed by atoms with E-state index in [-0.39, 0.29) is 18.4 Å². The zero-order valence-electron chi connectivity index (χ0n) is 16.2. The fourth-order valence-electron chi connectivity index (χ4n) is 4.66. The Hall–Kier alpha value is -2.08. The van der Waals surface area contributed by atoms with Crippen molar-refractivity contribution in [1.29, 1.82) is 0 Å². The minimum Gasteiger partial charge on any atom is -0.369 e. The molecule has 0 unspecified atom stereocenters. The summed E-state index contributed by atoms with van der Waals surface area (Å²) in [5.74, 6) is 0.215. The molecule has 1 N–H and O–H groups in total. The number of benzene rings is 1. The number of para-hydroxylation sites is 1. The summed E-state index contributed by atoms with van der Waals surface area (Å²) in [5, 5.41) is 3.51. The molecule has 146 valence electrons. The van der Waals surface area contributed by atoms with Gasteiger partial charge in [0.25, 0.3) is 0 Å². The number of nitrogens with zero attached hydrogens (tertiary/aromatic N) is 3. The van der Waals surface area contributed by atoms with Gasteiger partial charge in [-0.25, -0.2) is 0 Å². The molecule has 3 aliphatic rings. The van der Waals surface area contributed by atoms with Gasteiger partial charge in [0.15, 0.2) is 0 Å². The third-order valence-corrected chi connectivity index (χ3v) is 6.18. The van der Waals surface area contributed by atoms with E-state index in [4.69, 9.17) is 0 Å². The maximum absolute atomic E-state index is 12.9. The van der Waals surface area contributed by atoms with Crippen molar-refractivity contribution in [2.24, 2.45) is 0 Å². The van der Waals surface area contributed by atoms with Crippen molar-refractivity contribution < 1.29 is 9.59 Å². The molecule has 6 heteroatoms. The van der Waals surface area contributed by atoms with Crippen molar-refractivity contribution in [3.63, 3.8) is 0 Å². The summed E-state index contributed by atoms with van der Waals surface area (Å²) in [6, 6.07) is 9.09. The maximum Gasteiger partial charge on any atom is 0.242 e. The Morgan fingerprint density at radius 2 is 1.93 bits per heavy atom. The highest BCUT2D eigenvalue weighted by Gasteiger charge is 2.34. The summed E-state index contributed by atoms with van der Waals surface area (Å²) < 4.78 is 0. The van der Waals surface area contributed by atoms with Crippen LogP contribution in [0.3, 0.4) is 0 Å². The van der Waals surface area contributed by atoms with E-state index in [9.17, 15) is 9.59 Å². The van der Waals surface area contributed by atoms with Crippen molar-refractivity contribution in [3.05, 3.63) is 29.8 Å². The number of carbonyl (C=O) groups excluding carboxylic acids is 2. The monoisotopic (exact) mass is 370 g/mol. The van der Waals surface area contributed by atoms with Crippen molar-refractivity contribution in [2.45, 2.75) is 44.7 Å². The number of carbonyl (C=O) groups is 2. The van der Waals surface area contributed by atoms with Crippen LogP contribution in [0.2, 0.25) is 0 Å². The molecule has 4 rings (SSSR count). The lowest BCUT2D eigenvalue weighted by atomic mass is 10.1. The lowest BCUT2D eigenvalue weighted by molar-refractivity contribution is -0.140. The second kappa shape index (κ2) is 7.89. The number of hydrogen-bond acceptors (Lipinski definition) is 4. The molecular weight excluding hydrogens is 340 g/mol. The van der Waals surface area contributed by atoms with Crippen LogP contribution in [0, 0.1) is 6.92 Å². The van der Waals surface area contributed by atoms with E-state index in [1.54, 1.807) is 4.90 Å². The summed E-state index contributed by atoms with van der Waals surface area (Å²) in [7, 11) is 0. The first-order valence-electron chi connectivity index (χ1n) is 10.2. The smallest absolute Gasteiger partial charge is 0.242 e. The van der Waals surface area contributed by atoms with Crippen molar-refractivity contribution in [3.8, 4) is 0 Å². The first-order chi connectivity index (χ1) is 13.1. The highest BCUT2D eigenvalue weighted by molar-refractivity contribution is 5.85. The van der Waals surface area contributed by atoms with E-state index in [1.165, 1.54) is 11.3 Å². The van der Waals surface area contributed by atoms with Gasteiger partial charge in [-0.3, -0.25) is 9.59 Å². The quantitative estimate of drug-likeness (QED) is 0.874. The first kappa shape index (κ1) is 18.3. The topological polar surface area (TPSA) is 55.9 Å². The Morgan fingerprint density at radius 1 is 1.11 bits per heavy atom. The van der Waals surface area contributed by atoms with Crippen LogP contribution >= 0.6 is 0 Å². The van der Waals surface area contributed by atoms with Crippen LogP contribution in [0.25, 0.3) is 0 Å². The molecule has 3 fully saturated rings. The van der Waals surface area contributed by atoms with E-state index >= 15 is 0 Å². The average Bonchev–Trinajstić information content (AvgIpc) is 2.86. The van der Waals surface area contributed by atoms with E-state index in [0.29, 0.717) is 25.0 Å². The number of anilines is 1. The molecule has 3 heterocycles. The zero-order valence-corrected chi connectivity index (χ0v) is 16.2. The normalized spacial score (nSPS) is 26.1. The Kier molecular flexibility index (Phi) is 5.34. The largest absolute Gasteiger partial charge is 0.369 e. The van der Waals surface area contributed by atoms with Gasteiger partial charge in [-0.2, -0.15) is 0 Å². The van der Waals surface area contributed by atoms with Crippen LogP contribution in [0.5, 0.6) is 0 Å². The van der Waals surface area contributed by atoms with Crippen molar-refractivity contribution >= 4 is 17.5 Å². The number of nitrogens with one attached hydrogen (secondary N) is 1. The molecule has 1 aromatic carbocycles. The molecule has 2 bridgehead atoms. The van der Waals surface area contributed by atoms with Gasteiger partial charge in [-0.05, 0) is 37.8 Å². The van der Waals surface area contributed by atoms with E-state index < -0.39 is 0 Å². The molecule has 0 saturated carbocycles. The van der Waals surface area contributed by atoms with Crippen molar-refractivity contribution in [1.82, 2.24) is 15.1 Å². The molecule has 3 saturated heterocycles. The SMILES string of the molecule is Cc1ccccc1N1CCCN(C(=O)CN2C[C@@H]3CC[C@H](CC2=O)N3)CC1. The van der Waals surface area contributed by atoms with E-state index in [1.807, 2.05) is 4.90 Å². The molecular formula is C21H30N4O2. The van der Waals surface area contributed by atoms with Gasteiger partial charge in [-0.15, -0.1) is 0 Å². The Balaban J connectivity index is 1.35. The highest BCUT2D eigenvalue weighted by Crippen LogP contribution is 2.22.